The summed E-state index contributed by atoms with van der Waals surface area (Å²) in [5, 5.41) is 0. The first-order chi connectivity index (χ1) is 2.56. The molecule has 0 amide bonds. The van der Waals surface area contributed by atoms with Crippen LogP contribution >= 0.6 is 0 Å². The Kier molecular flexibility index (Phi) is 0.590. The van der Waals surface area contributed by atoms with Crippen molar-refractivity contribution in [2.45, 2.75) is 0 Å². The van der Waals surface area contributed by atoms with Crippen molar-refractivity contribution in [3.8, 4) is 0 Å². The number of rotatable bonds is 1. The molecule has 0 aromatic heterocycles. The van der Waals surface area contributed by atoms with Gasteiger partial charge in [-0.05, 0) is 0 Å². The summed E-state index contributed by atoms with van der Waals surface area (Å²) < 4.78 is 28.1. The van der Waals surface area contributed by atoms with Crippen molar-refractivity contribution < 1.29 is 13.0 Å². The van der Waals surface area contributed by atoms with E-state index in [-0.39, 0.29) is 0 Å². The van der Waals surface area contributed by atoms with Crippen LogP contribution in [-0.4, -0.2) is 19.2 Å². The zero-order valence-electron chi connectivity index (χ0n) is 3.63. The van der Waals surface area contributed by atoms with E-state index < -0.39 is 10.1 Å². The van der Waals surface area contributed by atoms with Gasteiger partial charge in [0.15, 0.2) is 0 Å². The molecule has 0 aliphatic carbocycles. The van der Waals surface area contributed by atoms with Crippen molar-refractivity contribution in [1.82, 2.24) is 0 Å². The van der Waals surface area contributed by atoms with Gasteiger partial charge >= 0.3 is 0 Å². The Morgan fingerprint density at radius 1 is 2.00 bits per heavy atom. The SMILES string of the molecule is [3H]OS(C)(=O)=O. The van der Waals surface area contributed by atoms with E-state index in [2.05, 4.69) is 4.56 Å². The maximum absolute atomic E-state index is 9.59. The van der Waals surface area contributed by atoms with Gasteiger partial charge in [-0.1, -0.05) is 0 Å². The van der Waals surface area contributed by atoms with E-state index in [0.29, 0.717) is 0 Å². The number of hydrogen-bond acceptors (Lipinski definition) is 3. The molecule has 0 radical (unpaired) electrons. The lowest BCUT2D eigenvalue weighted by atomic mass is 12.0. The van der Waals surface area contributed by atoms with Crippen molar-refractivity contribution in [1.29, 1.82) is 1.43 Å². The third-order valence-electron chi connectivity index (χ3n) is 0. The van der Waals surface area contributed by atoms with Crippen molar-refractivity contribution in [3.05, 3.63) is 0 Å². The monoisotopic (exact) mass is 98.0 g/mol. The van der Waals surface area contributed by atoms with Crippen LogP contribution in [0.4, 0.5) is 0 Å². The number of hydrogen-bond donors (Lipinski definition) is 1. The standard InChI is InChI=1S/CH4O3S/c1-5(2,3)4/h1H3,(H,2,3,4)/i/hT. The highest BCUT2D eigenvalue weighted by atomic mass is 32.2. The van der Waals surface area contributed by atoms with Gasteiger partial charge in [0.1, 0.15) is 0 Å². The summed E-state index contributed by atoms with van der Waals surface area (Å²) >= 11 is 0. The van der Waals surface area contributed by atoms with Gasteiger partial charge in [-0.2, -0.15) is 8.42 Å². The largest absolute Gasteiger partial charge is 0.286 e. The third-order valence-corrected chi connectivity index (χ3v) is 0. The van der Waals surface area contributed by atoms with Gasteiger partial charge in [-0.25, -0.2) is 0 Å². The van der Waals surface area contributed by atoms with Crippen LogP contribution in [0.25, 0.3) is 1.43 Å². The van der Waals surface area contributed by atoms with E-state index in [0.717, 1.165) is 6.26 Å². The predicted octanol–water partition coefficient (Wildman–Crippen LogP) is -0.496. The molecule has 1 N–H and O–H groups in total. The van der Waals surface area contributed by atoms with Crippen molar-refractivity contribution in [2.75, 3.05) is 6.26 Å². The van der Waals surface area contributed by atoms with Gasteiger partial charge in [0, 0.05) is 0 Å². The smallest absolute Gasteiger partial charge is 0.261 e. The zero-order chi connectivity index (χ0) is 5.21. The first-order valence-corrected chi connectivity index (χ1v) is 2.72. The molecule has 0 saturated heterocycles. The molecule has 0 aromatic carbocycles. The Bertz CT molecular complexity index is 113. The van der Waals surface area contributed by atoms with Gasteiger partial charge < -0.3 is 0 Å². The minimum Gasteiger partial charge on any atom is -0.286 e. The lowest BCUT2D eigenvalue weighted by Gasteiger charge is -1.69. The van der Waals surface area contributed by atoms with Crippen molar-refractivity contribution in [2.24, 2.45) is 0 Å². The minimum atomic E-state index is -3.50. The fraction of sp³-hybridized carbons (Fsp3) is 1.00. The molecule has 4 heteroatoms. The Labute approximate surface area is 31.9 Å². The van der Waals surface area contributed by atoms with Crippen LogP contribution in [-0.2, 0) is 10.1 Å². The maximum Gasteiger partial charge on any atom is 0.261 e. The molecule has 0 rings (SSSR count). The molecule has 0 fully saturated rings. The second-order valence-electron chi connectivity index (χ2n) is 0.704. The van der Waals surface area contributed by atoms with E-state index in [1.165, 1.54) is 0 Å². The van der Waals surface area contributed by atoms with E-state index in [4.69, 9.17) is 1.43 Å². The average molecular weight is 98.1 g/mol. The summed E-state index contributed by atoms with van der Waals surface area (Å²) in [6.45, 7) is 0. The third kappa shape index (κ3) is 1760. The van der Waals surface area contributed by atoms with Crippen LogP contribution in [0.5, 0.6) is 0 Å². The second-order valence-corrected chi connectivity index (χ2v) is 2.11. The normalized spacial score (nSPS) is 14.2. The summed E-state index contributed by atoms with van der Waals surface area (Å²) in [6.07, 6.45) is 0.806. The zero-order valence-corrected chi connectivity index (χ0v) is 3.45. The maximum atomic E-state index is 9.59. The van der Waals surface area contributed by atoms with Crippen LogP contribution < -0.4 is 0 Å². The molecule has 0 atom stereocenters. The fourth-order valence-corrected chi connectivity index (χ4v) is 0. The van der Waals surface area contributed by atoms with E-state index in [1.807, 2.05) is 0 Å². The molecule has 0 bridgehead atoms. The van der Waals surface area contributed by atoms with Gasteiger partial charge in [0.2, 0.25) is 1.43 Å². The van der Waals surface area contributed by atoms with Crippen LogP contribution in [0.15, 0.2) is 0 Å². The summed E-state index contributed by atoms with van der Waals surface area (Å²) in [4.78, 5) is 0. The summed E-state index contributed by atoms with van der Waals surface area (Å²) in [7, 11) is -3.50. The summed E-state index contributed by atoms with van der Waals surface area (Å²) in [6, 6.07) is 0. The fourth-order valence-electron chi connectivity index (χ4n) is 0. The molecule has 0 unspecified atom stereocenters. The molecule has 0 heterocycles. The van der Waals surface area contributed by atoms with Crippen LogP contribution in [0.3, 0.4) is 0 Å². The first-order valence-electron chi connectivity index (χ1n) is 1.32. The predicted molar refractivity (Wildman–Crippen MR) is 17.5 cm³/mol. The summed E-state index contributed by atoms with van der Waals surface area (Å²) in [5.74, 6) is 0. The first kappa shape index (κ1) is 3.11. The molecule has 0 saturated carbocycles. The van der Waals surface area contributed by atoms with E-state index in [1.54, 1.807) is 0 Å². The van der Waals surface area contributed by atoms with Crippen molar-refractivity contribution >= 4 is 10.1 Å². The van der Waals surface area contributed by atoms with E-state index in [9.17, 15) is 8.42 Å². The Hall–Kier alpha value is -0.0900. The molecule has 0 aliphatic rings. The topological polar surface area (TPSA) is 54.4 Å². The molecule has 5 heavy (non-hydrogen) atoms. The Morgan fingerprint density at radius 2 is 2.20 bits per heavy atom. The molecule has 0 spiro atoms. The molecule has 32 valence electrons. The quantitative estimate of drug-likeness (QED) is 0.450. The highest BCUT2D eigenvalue weighted by Gasteiger charge is 1.81. The molecule has 0 aromatic rings. The molecule has 0 aliphatic heterocycles. The van der Waals surface area contributed by atoms with Gasteiger partial charge in [-0.3, -0.25) is 4.56 Å². The van der Waals surface area contributed by atoms with E-state index >= 15 is 0 Å². The highest BCUT2D eigenvalue weighted by molar-refractivity contribution is 7.85. The van der Waals surface area contributed by atoms with Crippen LogP contribution in [0.1, 0.15) is 0 Å². The Morgan fingerprint density at radius 3 is 2.20 bits per heavy atom. The average Bonchev–Trinajstić information content (AvgIpc) is 1.35. The van der Waals surface area contributed by atoms with Gasteiger partial charge in [0.25, 0.3) is 10.1 Å². The lowest BCUT2D eigenvalue weighted by molar-refractivity contribution is 0.490. The van der Waals surface area contributed by atoms with Gasteiger partial charge in [-0.15, -0.1) is 0 Å². The van der Waals surface area contributed by atoms with Crippen LogP contribution in [0.2, 0.25) is 0 Å². The Balaban J connectivity index is 3.85. The minimum absolute atomic E-state index is 0.806. The van der Waals surface area contributed by atoms with Gasteiger partial charge in [0.05, 0.1) is 6.26 Å². The molecular formula is CH4O3S. The lowest BCUT2D eigenvalue weighted by Crippen LogP contribution is -1.88. The molecular weight excluding hydrogens is 92.1 g/mol. The highest BCUT2D eigenvalue weighted by Crippen LogP contribution is 1.60. The second kappa shape index (κ2) is 0.948. The van der Waals surface area contributed by atoms with Crippen LogP contribution in [0, 0.1) is 0 Å². The molecule has 3 nitrogen and oxygen atoms in total. The van der Waals surface area contributed by atoms with Crippen molar-refractivity contribution in [3.63, 3.8) is 0 Å². The summed E-state index contributed by atoms with van der Waals surface area (Å²) in [5.41, 5.74) is 0.